The van der Waals surface area contributed by atoms with E-state index in [-0.39, 0.29) is 0 Å². The second-order valence-corrected chi connectivity index (χ2v) is 5.63. The minimum absolute atomic E-state index is 0.485. The molecule has 1 fully saturated rings. The molecular weight excluding hydrogens is 334 g/mol. The largest absolute Gasteiger partial charge is 0.346 e. The van der Waals surface area contributed by atoms with Crippen LogP contribution in [-0.2, 0) is 4.79 Å². The summed E-state index contributed by atoms with van der Waals surface area (Å²) >= 11 is 0. The molecule has 0 spiro atoms. The predicted molar refractivity (Wildman–Crippen MR) is 83.8 cm³/mol. The van der Waals surface area contributed by atoms with Gasteiger partial charge in [-0.1, -0.05) is 0 Å². The molecule has 3 heterocycles. The van der Waals surface area contributed by atoms with E-state index in [1.807, 2.05) is 0 Å². The average Bonchev–Trinajstić information content (AvgIpc) is 3.16. The van der Waals surface area contributed by atoms with E-state index in [0.717, 1.165) is 4.90 Å². The third kappa shape index (κ3) is 3.50. The topological polar surface area (TPSA) is 114 Å². The number of amides is 3. The van der Waals surface area contributed by atoms with Gasteiger partial charge in [0.05, 0.1) is 24.8 Å². The molecule has 1 atom stereocenters. The van der Waals surface area contributed by atoms with Gasteiger partial charge in [0.25, 0.3) is 5.92 Å². The number of aromatic nitrogens is 2. The SMILES string of the molecule is N#C[C@@H]1CC(F)(F)CN1C(=O)CNC(=O)Nc1ccnc2[nH]ccc12. The van der Waals surface area contributed by atoms with Crippen LogP contribution in [-0.4, -0.2) is 51.9 Å². The Labute approximate surface area is 140 Å². The van der Waals surface area contributed by atoms with E-state index in [4.69, 9.17) is 5.26 Å². The van der Waals surface area contributed by atoms with Gasteiger partial charge in [-0.25, -0.2) is 18.6 Å². The number of pyridine rings is 1. The summed E-state index contributed by atoms with van der Waals surface area (Å²) in [6, 6.07) is 3.15. The van der Waals surface area contributed by atoms with Gasteiger partial charge in [-0.2, -0.15) is 5.26 Å². The molecule has 3 N–H and O–H groups in total. The summed E-state index contributed by atoms with van der Waals surface area (Å²) in [4.78, 5) is 31.7. The fourth-order valence-electron chi connectivity index (χ4n) is 2.69. The number of nitriles is 1. The molecule has 0 unspecified atom stereocenters. The van der Waals surface area contributed by atoms with Crippen molar-refractivity contribution >= 4 is 28.7 Å². The third-order valence-corrected chi connectivity index (χ3v) is 3.85. The molecule has 1 aliphatic heterocycles. The van der Waals surface area contributed by atoms with Crippen molar-refractivity contribution in [1.82, 2.24) is 20.2 Å². The van der Waals surface area contributed by atoms with Crippen molar-refractivity contribution in [3.63, 3.8) is 0 Å². The van der Waals surface area contributed by atoms with Crippen LogP contribution in [0.5, 0.6) is 0 Å². The number of aromatic amines is 1. The van der Waals surface area contributed by atoms with Crippen molar-refractivity contribution in [2.45, 2.75) is 18.4 Å². The van der Waals surface area contributed by atoms with Crippen molar-refractivity contribution in [3.05, 3.63) is 24.5 Å². The van der Waals surface area contributed by atoms with Crippen LogP contribution < -0.4 is 10.6 Å². The van der Waals surface area contributed by atoms with E-state index < -0.39 is 43.4 Å². The maximum absolute atomic E-state index is 13.3. The summed E-state index contributed by atoms with van der Waals surface area (Å²) in [7, 11) is 0. The van der Waals surface area contributed by atoms with Crippen molar-refractivity contribution < 1.29 is 18.4 Å². The Balaban J connectivity index is 1.58. The number of nitrogens with one attached hydrogen (secondary N) is 3. The predicted octanol–water partition coefficient (Wildman–Crippen LogP) is 1.44. The Bertz CT molecular complexity index is 859. The Morgan fingerprint density at radius 1 is 1.48 bits per heavy atom. The van der Waals surface area contributed by atoms with Crippen LogP contribution in [0, 0.1) is 11.3 Å². The van der Waals surface area contributed by atoms with Crippen LogP contribution in [0.3, 0.4) is 0 Å². The lowest BCUT2D eigenvalue weighted by Gasteiger charge is -2.19. The maximum Gasteiger partial charge on any atom is 0.319 e. The van der Waals surface area contributed by atoms with Crippen LogP contribution >= 0.6 is 0 Å². The molecule has 25 heavy (non-hydrogen) atoms. The van der Waals surface area contributed by atoms with Crippen LogP contribution in [0.4, 0.5) is 19.3 Å². The van der Waals surface area contributed by atoms with Gasteiger partial charge < -0.3 is 20.5 Å². The highest BCUT2D eigenvalue weighted by Gasteiger charge is 2.47. The molecule has 0 bridgehead atoms. The number of anilines is 1. The number of alkyl halides is 2. The molecule has 2 aromatic heterocycles. The summed E-state index contributed by atoms with van der Waals surface area (Å²) < 4.78 is 26.7. The van der Waals surface area contributed by atoms with Crippen molar-refractivity contribution in [2.24, 2.45) is 0 Å². The van der Waals surface area contributed by atoms with Gasteiger partial charge in [0.1, 0.15) is 11.7 Å². The highest BCUT2D eigenvalue weighted by Crippen LogP contribution is 2.31. The van der Waals surface area contributed by atoms with E-state index in [1.54, 1.807) is 24.4 Å². The first kappa shape index (κ1) is 16.6. The fourth-order valence-corrected chi connectivity index (χ4v) is 2.69. The maximum atomic E-state index is 13.3. The summed E-state index contributed by atoms with van der Waals surface area (Å²) in [5, 5.41) is 14.4. The number of nitrogens with zero attached hydrogens (tertiary/aromatic N) is 3. The number of halogens is 2. The average molecular weight is 348 g/mol. The highest BCUT2D eigenvalue weighted by atomic mass is 19.3. The molecule has 2 aromatic rings. The second kappa shape index (κ2) is 6.35. The first-order valence-electron chi connectivity index (χ1n) is 7.43. The van der Waals surface area contributed by atoms with E-state index >= 15 is 0 Å². The molecule has 3 amide bonds. The molecule has 130 valence electrons. The van der Waals surface area contributed by atoms with Gasteiger partial charge in [-0.15, -0.1) is 0 Å². The summed E-state index contributed by atoms with van der Waals surface area (Å²) in [6.45, 7) is -1.30. The lowest BCUT2D eigenvalue weighted by molar-refractivity contribution is -0.131. The van der Waals surface area contributed by atoms with E-state index in [2.05, 4.69) is 20.6 Å². The molecule has 8 nitrogen and oxygen atoms in total. The molecule has 1 aliphatic rings. The van der Waals surface area contributed by atoms with Gasteiger partial charge in [-0.3, -0.25) is 4.79 Å². The fraction of sp³-hybridized carbons (Fsp3) is 0.333. The summed E-state index contributed by atoms with van der Waals surface area (Å²) in [6.07, 6.45) is 2.48. The normalized spacial score (nSPS) is 18.8. The zero-order valence-corrected chi connectivity index (χ0v) is 12.9. The first-order valence-corrected chi connectivity index (χ1v) is 7.43. The lowest BCUT2D eigenvalue weighted by Crippen LogP contribution is -2.43. The zero-order valence-electron chi connectivity index (χ0n) is 12.9. The van der Waals surface area contributed by atoms with Gasteiger partial charge in [0, 0.05) is 24.2 Å². The number of likely N-dealkylation sites (tertiary alicyclic amines) is 1. The molecule has 0 aliphatic carbocycles. The number of hydrogen-bond donors (Lipinski definition) is 3. The third-order valence-electron chi connectivity index (χ3n) is 3.85. The zero-order chi connectivity index (χ0) is 18.0. The van der Waals surface area contributed by atoms with Gasteiger partial charge in [0.2, 0.25) is 5.91 Å². The van der Waals surface area contributed by atoms with Crippen LogP contribution in [0.25, 0.3) is 11.0 Å². The Hall–Kier alpha value is -3.22. The Kier molecular flexibility index (Phi) is 4.22. The Morgan fingerprint density at radius 2 is 2.28 bits per heavy atom. The molecular formula is C15H14F2N6O2. The first-order chi connectivity index (χ1) is 11.9. The summed E-state index contributed by atoms with van der Waals surface area (Å²) in [5.41, 5.74) is 1.07. The second-order valence-electron chi connectivity index (χ2n) is 5.63. The number of carbonyl (C=O) groups is 2. The number of urea groups is 1. The summed E-state index contributed by atoms with van der Waals surface area (Å²) in [5.74, 6) is -3.82. The number of rotatable bonds is 3. The minimum atomic E-state index is -3.09. The molecule has 1 saturated heterocycles. The number of H-pyrrole nitrogens is 1. The quantitative estimate of drug-likeness (QED) is 0.779. The van der Waals surface area contributed by atoms with Gasteiger partial charge in [-0.05, 0) is 12.1 Å². The van der Waals surface area contributed by atoms with E-state index in [0.29, 0.717) is 16.7 Å². The van der Waals surface area contributed by atoms with Gasteiger partial charge in [0.15, 0.2) is 0 Å². The number of carbonyl (C=O) groups excluding carboxylic acids is 2. The number of hydrogen-bond acceptors (Lipinski definition) is 4. The molecule has 0 saturated carbocycles. The van der Waals surface area contributed by atoms with Crippen molar-refractivity contribution in [1.29, 1.82) is 5.26 Å². The number of fused-ring (bicyclic) bond motifs is 1. The molecule has 3 rings (SSSR count). The van der Waals surface area contributed by atoms with Crippen LogP contribution in [0.15, 0.2) is 24.5 Å². The van der Waals surface area contributed by atoms with Crippen LogP contribution in [0.2, 0.25) is 0 Å². The molecule has 10 heteroatoms. The molecule has 0 radical (unpaired) electrons. The molecule has 0 aromatic carbocycles. The standard InChI is InChI=1S/C15H14F2N6O2/c16-15(17)5-9(6-18)23(8-15)12(24)7-21-14(25)22-11-2-4-20-13-10(11)1-3-19-13/h1-4,9H,5,7-8H2,(H3,19,20,21,22,25)/t9-/m0/s1. The van der Waals surface area contributed by atoms with Crippen LogP contribution in [0.1, 0.15) is 6.42 Å². The lowest BCUT2D eigenvalue weighted by atomic mass is 10.2. The monoisotopic (exact) mass is 348 g/mol. The minimum Gasteiger partial charge on any atom is -0.346 e. The van der Waals surface area contributed by atoms with E-state index in [1.165, 1.54) is 6.20 Å². The highest BCUT2D eigenvalue weighted by molar-refractivity contribution is 6.00. The Morgan fingerprint density at radius 3 is 3.04 bits per heavy atom. The van der Waals surface area contributed by atoms with Crippen molar-refractivity contribution in [3.8, 4) is 6.07 Å². The smallest absolute Gasteiger partial charge is 0.319 e. The van der Waals surface area contributed by atoms with Gasteiger partial charge >= 0.3 is 6.03 Å². The van der Waals surface area contributed by atoms with E-state index in [9.17, 15) is 18.4 Å². The van der Waals surface area contributed by atoms with Crippen molar-refractivity contribution in [2.75, 3.05) is 18.4 Å².